The van der Waals surface area contributed by atoms with Crippen molar-refractivity contribution in [3.63, 3.8) is 0 Å². The number of imidazole rings is 1. The molecule has 0 aliphatic carbocycles. The fraction of sp³-hybridized carbons (Fsp3) is 0.462. The van der Waals surface area contributed by atoms with Crippen molar-refractivity contribution >= 4 is 11.0 Å². The van der Waals surface area contributed by atoms with Crippen LogP contribution in [-0.2, 0) is 6.54 Å². The van der Waals surface area contributed by atoms with Gasteiger partial charge in [-0.15, -0.1) is 0 Å². The average molecular weight is 233 g/mol. The maximum absolute atomic E-state index is 9.01. The Morgan fingerprint density at radius 1 is 1.29 bits per heavy atom. The average Bonchev–Trinajstić information content (AvgIpc) is 2.71. The van der Waals surface area contributed by atoms with Crippen LogP contribution in [0.1, 0.15) is 19.2 Å². The number of para-hydroxylation sites is 2. The van der Waals surface area contributed by atoms with Gasteiger partial charge in [0.15, 0.2) is 0 Å². The van der Waals surface area contributed by atoms with E-state index in [9.17, 15) is 0 Å². The molecule has 0 bridgehead atoms. The van der Waals surface area contributed by atoms with Crippen LogP contribution in [0.5, 0.6) is 0 Å². The van der Waals surface area contributed by atoms with Crippen molar-refractivity contribution in [1.82, 2.24) is 14.9 Å². The van der Waals surface area contributed by atoms with Gasteiger partial charge in [0.05, 0.1) is 24.2 Å². The molecule has 0 aliphatic rings. The molecule has 17 heavy (non-hydrogen) atoms. The van der Waals surface area contributed by atoms with E-state index in [0.29, 0.717) is 6.54 Å². The summed E-state index contributed by atoms with van der Waals surface area (Å²) < 4.78 is 0. The maximum Gasteiger partial charge on any atom is 0.121 e. The van der Waals surface area contributed by atoms with Crippen molar-refractivity contribution in [2.75, 3.05) is 19.7 Å². The number of aromatic amines is 1. The number of nitrogens with zero attached hydrogens (tertiary/aromatic N) is 2. The number of aromatic nitrogens is 2. The summed E-state index contributed by atoms with van der Waals surface area (Å²) >= 11 is 0. The van der Waals surface area contributed by atoms with Crippen LogP contribution in [0, 0.1) is 0 Å². The Bertz CT molecular complexity index is 427. The van der Waals surface area contributed by atoms with Crippen molar-refractivity contribution < 1.29 is 5.11 Å². The van der Waals surface area contributed by atoms with Gasteiger partial charge in [0.2, 0.25) is 0 Å². The molecule has 2 aromatic rings. The predicted molar refractivity (Wildman–Crippen MR) is 68.7 cm³/mol. The lowest BCUT2D eigenvalue weighted by Crippen LogP contribution is -2.27. The normalized spacial score (nSPS) is 11.5. The molecule has 0 saturated carbocycles. The van der Waals surface area contributed by atoms with E-state index < -0.39 is 0 Å². The summed E-state index contributed by atoms with van der Waals surface area (Å²) in [6.45, 7) is 4.79. The molecule has 0 aliphatic heterocycles. The molecule has 0 fully saturated rings. The van der Waals surface area contributed by atoms with Crippen molar-refractivity contribution in [3.8, 4) is 0 Å². The summed E-state index contributed by atoms with van der Waals surface area (Å²) in [7, 11) is 0. The highest BCUT2D eigenvalue weighted by Gasteiger charge is 2.07. The highest BCUT2D eigenvalue weighted by atomic mass is 16.3. The second-order valence-electron chi connectivity index (χ2n) is 4.20. The van der Waals surface area contributed by atoms with Crippen LogP contribution < -0.4 is 0 Å². The molecule has 0 spiro atoms. The Morgan fingerprint density at radius 2 is 2.12 bits per heavy atom. The number of fused-ring (bicyclic) bond motifs is 1. The third-order valence-electron chi connectivity index (χ3n) is 2.77. The summed E-state index contributed by atoms with van der Waals surface area (Å²) in [5.41, 5.74) is 2.07. The van der Waals surface area contributed by atoms with Crippen molar-refractivity contribution in [3.05, 3.63) is 30.1 Å². The smallest absolute Gasteiger partial charge is 0.121 e. The molecule has 4 nitrogen and oxygen atoms in total. The Hall–Kier alpha value is -1.39. The van der Waals surface area contributed by atoms with E-state index in [-0.39, 0.29) is 6.61 Å². The van der Waals surface area contributed by atoms with Crippen LogP contribution in [0.15, 0.2) is 24.3 Å². The van der Waals surface area contributed by atoms with E-state index in [1.165, 1.54) is 0 Å². The Kier molecular flexibility index (Phi) is 4.12. The van der Waals surface area contributed by atoms with Gasteiger partial charge in [-0.3, -0.25) is 4.90 Å². The van der Waals surface area contributed by atoms with Crippen molar-refractivity contribution in [1.29, 1.82) is 0 Å². The Morgan fingerprint density at radius 3 is 2.82 bits per heavy atom. The monoisotopic (exact) mass is 233 g/mol. The first-order valence-corrected chi connectivity index (χ1v) is 6.10. The molecule has 1 aromatic carbocycles. The summed E-state index contributed by atoms with van der Waals surface area (Å²) in [6, 6.07) is 8.03. The van der Waals surface area contributed by atoms with Gasteiger partial charge < -0.3 is 10.1 Å². The summed E-state index contributed by atoms with van der Waals surface area (Å²) in [5.74, 6) is 0.966. The van der Waals surface area contributed by atoms with Gasteiger partial charge in [-0.1, -0.05) is 19.1 Å². The number of aliphatic hydroxyl groups excluding tert-OH is 1. The number of H-pyrrole nitrogens is 1. The number of rotatable bonds is 6. The second-order valence-corrected chi connectivity index (χ2v) is 4.20. The minimum Gasteiger partial charge on any atom is -0.395 e. The van der Waals surface area contributed by atoms with Crippen LogP contribution in [0.3, 0.4) is 0 Å². The number of benzene rings is 1. The van der Waals surface area contributed by atoms with Gasteiger partial charge in [0.1, 0.15) is 5.82 Å². The molecule has 1 aromatic heterocycles. The third-order valence-corrected chi connectivity index (χ3v) is 2.77. The molecule has 0 radical (unpaired) electrons. The van der Waals surface area contributed by atoms with Gasteiger partial charge in [-0.05, 0) is 25.1 Å². The van der Waals surface area contributed by atoms with E-state index in [0.717, 1.165) is 36.4 Å². The molecule has 1 heterocycles. The molecule has 4 heteroatoms. The fourth-order valence-corrected chi connectivity index (χ4v) is 2.02. The van der Waals surface area contributed by atoms with E-state index in [1.54, 1.807) is 0 Å². The van der Waals surface area contributed by atoms with Crippen LogP contribution >= 0.6 is 0 Å². The van der Waals surface area contributed by atoms with Crippen LogP contribution in [0.4, 0.5) is 0 Å². The zero-order valence-corrected chi connectivity index (χ0v) is 10.2. The lowest BCUT2D eigenvalue weighted by atomic mass is 10.3. The van der Waals surface area contributed by atoms with Gasteiger partial charge in [-0.2, -0.15) is 0 Å². The number of aliphatic hydroxyl groups is 1. The Labute approximate surface area is 101 Å². The lowest BCUT2D eigenvalue weighted by molar-refractivity contribution is 0.188. The molecular weight excluding hydrogens is 214 g/mol. The molecule has 0 amide bonds. The second kappa shape index (κ2) is 5.80. The molecule has 2 rings (SSSR count). The topological polar surface area (TPSA) is 52.1 Å². The van der Waals surface area contributed by atoms with E-state index in [4.69, 9.17) is 5.11 Å². The molecule has 0 atom stereocenters. The SMILES string of the molecule is CCCN(CCO)Cc1nc2ccccc2[nH]1. The summed E-state index contributed by atoms with van der Waals surface area (Å²) in [6.07, 6.45) is 1.08. The fourth-order valence-electron chi connectivity index (χ4n) is 2.02. The number of nitrogens with one attached hydrogen (secondary N) is 1. The van der Waals surface area contributed by atoms with Gasteiger partial charge in [0.25, 0.3) is 0 Å². The standard InChI is InChI=1S/C13H19N3O/c1-2-7-16(8-9-17)10-13-14-11-5-3-4-6-12(11)15-13/h3-6,17H,2,7-10H2,1H3,(H,14,15). The Balaban J connectivity index is 2.10. The molecule has 0 saturated heterocycles. The van der Waals surface area contributed by atoms with Crippen molar-refractivity contribution in [2.45, 2.75) is 19.9 Å². The highest BCUT2D eigenvalue weighted by molar-refractivity contribution is 5.74. The minimum absolute atomic E-state index is 0.195. The zero-order chi connectivity index (χ0) is 12.1. The number of hydrogen-bond donors (Lipinski definition) is 2. The van der Waals surface area contributed by atoms with Crippen LogP contribution in [0.2, 0.25) is 0 Å². The largest absolute Gasteiger partial charge is 0.395 e. The first-order valence-electron chi connectivity index (χ1n) is 6.10. The van der Waals surface area contributed by atoms with Crippen molar-refractivity contribution in [2.24, 2.45) is 0 Å². The van der Waals surface area contributed by atoms with Gasteiger partial charge >= 0.3 is 0 Å². The third kappa shape index (κ3) is 3.05. The number of hydrogen-bond acceptors (Lipinski definition) is 3. The molecule has 0 unspecified atom stereocenters. The van der Waals surface area contributed by atoms with Gasteiger partial charge in [0, 0.05) is 6.54 Å². The zero-order valence-electron chi connectivity index (χ0n) is 10.2. The lowest BCUT2D eigenvalue weighted by Gasteiger charge is -2.18. The molecule has 92 valence electrons. The minimum atomic E-state index is 0.195. The van der Waals surface area contributed by atoms with Gasteiger partial charge in [-0.25, -0.2) is 4.98 Å². The van der Waals surface area contributed by atoms with Crippen LogP contribution in [0.25, 0.3) is 11.0 Å². The predicted octanol–water partition coefficient (Wildman–Crippen LogP) is 1.77. The summed E-state index contributed by atoms with van der Waals surface area (Å²) in [4.78, 5) is 10.1. The first kappa shape index (κ1) is 12.1. The van der Waals surface area contributed by atoms with Crippen LogP contribution in [-0.4, -0.2) is 39.7 Å². The molecular formula is C13H19N3O. The maximum atomic E-state index is 9.01. The van der Waals surface area contributed by atoms with E-state index >= 15 is 0 Å². The summed E-state index contributed by atoms with van der Waals surface area (Å²) in [5, 5.41) is 9.01. The quantitative estimate of drug-likeness (QED) is 0.799. The van der Waals surface area contributed by atoms with E-state index in [2.05, 4.69) is 21.8 Å². The molecule has 2 N–H and O–H groups in total. The van der Waals surface area contributed by atoms with E-state index in [1.807, 2.05) is 24.3 Å². The highest BCUT2D eigenvalue weighted by Crippen LogP contribution is 2.11. The first-order chi connectivity index (χ1) is 8.33.